The summed E-state index contributed by atoms with van der Waals surface area (Å²) in [5.74, 6) is -1.01. The zero-order valence-electron chi connectivity index (χ0n) is 13.8. The fraction of sp³-hybridized carbons (Fsp3) is 0.125. The van der Waals surface area contributed by atoms with E-state index in [1.54, 1.807) is 12.3 Å². The van der Waals surface area contributed by atoms with Crippen molar-refractivity contribution in [3.63, 3.8) is 0 Å². The molecule has 0 aliphatic rings. The lowest BCUT2D eigenvalue weighted by Crippen LogP contribution is -2.09. The van der Waals surface area contributed by atoms with E-state index in [0.29, 0.717) is 16.3 Å². The van der Waals surface area contributed by atoms with Crippen molar-refractivity contribution in [2.45, 2.75) is 13.8 Å². The van der Waals surface area contributed by atoms with Crippen molar-refractivity contribution in [2.24, 2.45) is 10.2 Å². The molecular formula is C16H14N6O3S. The molecule has 3 aromatic rings. The Morgan fingerprint density at radius 3 is 2.38 bits per heavy atom. The molecule has 0 saturated heterocycles. The number of nitrogens with one attached hydrogen (secondary N) is 2. The van der Waals surface area contributed by atoms with Crippen molar-refractivity contribution >= 4 is 56.4 Å². The normalized spacial score (nSPS) is 11.0. The Kier molecular flexibility index (Phi) is 4.85. The number of carbonyl (C=O) groups is 2. The molecular weight excluding hydrogens is 356 g/mol. The smallest absolute Gasteiger partial charge is 0.221 e. The molecule has 26 heavy (non-hydrogen) atoms. The molecule has 2 amide bonds. The van der Waals surface area contributed by atoms with Crippen LogP contribution in [0.25, 0.3) is 11.0 Å². The van der Waals surface area contributed by atoms with Crippen LogP contribution in [0.3, 0.4) is 0 Å². The number of aromatic hydroxyl groups is 1. The third-order valence-electron chi connectivity index (χ3n) is 3.21. The van der Waals surface area contributed by atoms with E-state index in [-0.39, 0.29) is 28.9 Å². The fourth-order valence-electron chi connectivity index (χ4n) is 2.19. The molecule has 3 rings (SSSR count). The van der Waals surface area contributed by atoms with Gasteiger partial charge >= 0.3 is 0 Å². The molecule has 0 unspecified atom stereocenters. The van der Waals surface area contributed by atoms with Crippen LogP contribution in [0.2, 0.25) is 0 Å². The van der Waals surface area contributed by atoms with Crippen molar-refractivity contribution in [3.05, 3.63) is 30.5 Å². The summed E-state index contributed by atoms with van der Waals surface area (Å²) < 4.78 is 4.18. The number of aromatic nitrogens is 2. The van der Waals surface area contributed by atoms with E-state index in [9.17, 15) is 14.7 Å². The highest BCUT2D eigenvalue weighted by molar-refractivity contribution is 7.11. The van der Waals surface area contributed by atoms with Crippen LogP contribution >= 0.6 is 11.5 Å². The second-order valence-corrected chi connectivity index (χ2v) is 6.07. The first-order valence-corrected chi connectivity index (χ1v) is 8.25. The lowest BCUT2D eigenvalue weighted by atomic mass is 10.2. The minimum atomic E-state index is -0.373. The van der Waals surface area contributed by atoms with Crippen LogP contribution in [-0.2, 0) is 9.59 Å². The van der Waals surface area contributed by atoms with Gasteiger partial charge in [-0.15, -0.1) is 10.2 Å². The van der Waals surface area contributed by atoms with Gasteiger partial charge in [0.25, 0.3) is 0 Å². The summed E-state index contributed by atoms with van der Waals surface area (Å²) in [7, 11) is 0. The van der Waals surface area contributed by atoms with Gasteiger partial charge in [-0.3, -0.25) is 9.59 Å². The maximum absolute atomic E-state index is 11.3. The number of azo groups is 1. The van der Waals surface area contributed by atoms with Crippen LogP contribution in [0.15, 0.2) is 40.7 Å². The average Bonchev–Trinajstić information content (AvgIpc) is 2.99. The summed E-state index contributed by atoms with van der Waals surface area (Å²) >= 11 is 1.15. The summed E-state index contributed by atoms with van der Waals surface area (Å²) in [5.41, 5.74) is 1.15. The van der Waals surface area contributed by atoms with Gasteiger partial charge in [-0.2, -0.15) is 4.37 Å². The Bertz CT molecular complexity index is 993. The molecule has 0 radical (unpaired) electrons. The Balaban J connectivity index is 2.00. The van der Waals surface area contributed by atoms with E-state index in [1.165, 1.54) is 26.0 Å². The lowest BCUT2D eigenvalue weighted by molar-refractivity contribution is -0.115. The number of rotatable bonds is 4. The molecule has 0 aliphatic heterocycles. The highest BCUT2D eigenvalue weighted by Crippen LogP contribution is 2.38. The van der Waals surface area contributed by atoms with Gasteiger partial charge in [0, 0.05) is 20.0 Å². The second-order valence-electron chi connectivity index (χ2n) is 5.31. The molecule has 0 fully saturated rings. The summed E-state index contributed by atoms with van der Waals surface area (Å²) in [6, 6.07) is 6.52. The number of pyridine rings is 1. The zero-order chi connectivity index (χ0) is 18.7. The SMILES string of the molecule is CC(=O)Nc1cc(N=Nc2snc3ncccc23)cc(NC(C)=O)c1O. The first kappa shape index (κ1) is 17.4. The molecule has 132 valence electrons. The third-order valence-corrected chi connectivity index (χ3v) is 3.95. The third kappa shape index (κ3) is 3.81. The van der Waals surface area contributed by atoms with E-state index in [1.807, 2.05) is 6.07 Å². The lowest BCUT2D eigenvalue weighted by Gasteiger charge is -2.11. The molecule has 0 spiro atoms. The highest BCUT2D eigenvalue weighted by Gasteiger charge is 2.13. The summed E-state index contributed by atoms with van der Waals surface area (Å²) in [5, 5.41) is 24.8. The van der Waals surface area contributed by atoms with Crippen LogP contribution in [0.4, 0.5) is 22.1 Å². The van der Waals surface area contributed by atoms with E-state index in [2.05, 4.69) is 30.2 Å². The van der Waals surface area contributed by atoms with Crippen LogP contribution in [-0.4, -0.2) is 26.3 Å². The molecule has 0 atom stereocenters. The predicted octanol–water partition coefficient (Wildman–Crippen LogP) is 3.73. The van der Waals surface area contributed by atoms with Gasteiger partial charge in [0.15, 0.2) is 16.4 Å². The Morgan fingerprint density at radius 1 is 1.12 bits per heavy atom. The Hall–Kier alpha value is -3.40. The quantitative estimate of drug-likeness (QED) is 0.476. The maximum atomic E-state index is 11.3. The van der Waals surface area contributed by atoms with Crippen LogP contribution < -0.4 is 10.6 Å². The molecule has 1 aromatic carbocycles. The van der Waals surface area contributed by atoms with Gasteiger partial charge in [0.05, 0.1) is 22.4 Å². The Morgan fingerprint density at radius 2 is 1.77 bits per heavy atom. The first-order chi connectivity index (χ1) is 12.4. The number of phenols is 1. The van der Waals surface area contributed by atoms with Gasteiger partial charge in [0.1, 0.15) is 0 Å². The number of anilines is 2. The topological polar surface area (TPSA) is 129 Å². The molecule has 0 saturated carbocycles. The van der Waals surface area contributed by atoms with Gasteiger partial charge in [-0.1, -0.05) is 0 Å². The minimum absolute atomic E-state index is 0.119. The monoisotopic (exact) mass is 370 g/mol. The number of nitrogens with zero attached hydrogens (tertiary/aromatic N) is 4. The van der Waals surface area contributed by atoms with Crippen LogP contribution in [0, 0.1) is 0 Å². The van der Waals surface area contributed by atoms with E-state index in [0.717, 1.165) is 16.9 Å². The Labute approximate surface area is 152 Å². The number of amides is 2. The number of hydrogen-bond acceptors (Lipinski definition) is 8. The van der Waals surface area contributed by atoms with Crippen molar-refractivity contribution in [1.82, 2.24) is 9.36 Å². The van der Waals surface area contributed by atoms with Gasteiger partial charge in [-0.25, -0.2) is 4.98 Å². The molecule has 0 aliphatic carbocycles. The van der Waals surface area contributed by atoms with Crippen molar-refractivity contribution in [3.8, 4) is 5.75 Å². The molecule has 9 nitrogen and oxygen atoms in total. The highest BCUT2D eigenvalue weighted by atomic mass is 32.1. The predicted molar refractivity (Wildman–Crippen MR) is 98.3 cm³/mol. The summed E-state index contributed by atoms with van der Waals surface area (Å²) in [6.45, 7) is 2.62. The molecule has 10 heteroatoms. The van der Waals surface area contributed by atoms with E-state index < -0.39 is 0 Å². The maximum Gasteiger partial charge on any atom is 0.221 e. The van der Waals surface area contributed by atoms with Crippen LogP contribution in [0.5, 0.6) is 5.75 Å². The average molecular weight is 370 g/mol. The zero-order valence-corrected chi connectivity index (χ0v) is 14.7. The van der Waals surface area contributed by atoms with Crippen molar-refractivity contribution < 1.29 is 14.7 Å². The van der Waals surface area contributed by atoms with E-state index in [4.69, 9.17) is 0 Å². The van der Waals surface area contributed by atoms with Gasteiger partial charge in [-0.05, 0) is 35.8 Å². The second kappa shape index (κ2) is 7.23. The minimum Gasteiger partial charge on any atom is -0.504 e. The fourth-order valence-corrected chi connectivity index (χ4v) is 2.85. The molecule has 2 heterocycles. The summed E-state index contributed by atoms with van der Waals surface area (Å²) in [6.07, 6.45) is 1.64. The number of hydrogen-bond donors (Lipinski definition) is 3. The standard InChI is InChI=1S/C16H14N6O3S/c1-8(23)18-12-6-10(7-13(14(12)25)19-9(2)24)20-21-16-11-4-3-5-17-15(11)22-26-16/h3-7,25H,1-2H3,(H,18,23)(H,19,24). The molecule has 3 N–H and O–H groups in total. The molecule has 0 bridgehead atoms. The van der Waals surface area contributed by atoms with Crippen molar-refractivity contribution in [2.75, 3.05) is 10.6 Å². The number of phenolic OH excluding ortho intramolecular Hbond substituents is 1. The number of benzene rings is 1. The van der Waals surface area contributed by atoms with Crippen molar-refractivity contribution in [1.29, 1.82) is 0 Å². The largest absolute Gasteiger partial charge is 0.504 e. The first-order valence-electron chi connectivity index (χ1n) is 7.48. The number of carbonyl (C=O) groups excluding carboxylic acids is 2. The van der Waals surface area contributed by atoms with Gasteiger partial charge < -0.3 is 15.7 Å². The molecule has 2 aromatic heterocycles. The van der Waals surface area contributed by atoms with E-state index >= 15 is 0 Å². The number of fused-ring (bicyclic) bond motifs is 1. The van der Waals surface area contributed by atoms with Gasteiger partial charge in [0.2, 0.25) is 11.8 Å². The summed E-state index contributed by atoms with van der Waals surface area (Å²) in [4.78, 5) is 26.8. The van der Waals surface area contributed by atoms with Crippen LogP contribution in [0.1, 0.15) is 13.8 Å².